The van der Waals surface area contributed by atoms with Crippen LogP contribution in [0.4, 0.5) is 0 Å². The number of rotatable bonds is 6. The Kier molecular flexibility index (Phi) is 4.65. The summed E-state index contributed by atoms with van der Waals surface area (Å²) in [4.78, 5) is 16.5. The average molecular weight is 261 g/mol. The van der Waals surface area contributed by atoms with Crippen molar-refractivity contribution in [1.82, 2.24) is 9.55 Å². The number of para-hydroxylation sites is 1. The van der Waals surface area contributed by atoms with Crippen molar-refractivity contribution >= 4 is 10.9 Å². The van der Waals surface area contributed by atoms with Crippen LogP contribution in [0.5, 0.6) is 0 Å². The summed E-state index contributed by atoms with van der Waals surface area (Å²) in [5.41, 5.74) is 6.33. The molecule has 0 fully saturated rings. The molecule has 1 atom stereocenters. The molecule has 0 aliphatic rings. The predicted octanol–water partition coefficient (Wildman–Crippen LogP) is 1.15. The van der Waals surface area contributed by atoms with E-state index in [2.05, 4.69) is 4.98 Å². The molecule has 1 heterocycles. The number of nitrogens with two attached hydrogens (primary N) is 1. The molecule has 1 unspecified atom stereocenters. The number of fused-ring (bicyclic) bond motifs is 1. The van der Waals surface area contributed by atoms with Gasteiger partial charge in [0.15, 0.2) is 0 Å². The normalized spacial score (nSPS) is 12.7. The first-order valence-corrected chi connectivity index (χ1v) is 6.52. The fraction of sp³-hybridized carbons (Fsp3) is 0.429. The Morgan fingerprint density at radius 1 is 1.42 bits per heavy atom. The Morgan fingerprint density at radius 3 is 2.95 bits per heavy atom. The van der Waals surface area contributed by atoms with Crippen molar-refractivity contribution in [3.8, 4) is 0 Å². The monoisotopic (exact) mass is 261 g/mol. The molecule has 0 spiro atoms. The van der Waals surface area contributed by atoms with Crippen LogP contribution >= 0.6 is 0 Å². The van der Waals surface area contributed by atoms with E-state index in [-0.39, 0.29) is 11.7 Å². The molecule has 1 aromatic heterocycles. The van der Waals surface area contributed by atoms with Gasteiger partial charge in [-0.1, -0.05) is 12.1 Å². The van der Waals surface area contributed by atoms with Crippen molar-refractivity contribution < 1.29 is 4.74 Å². The fourth-order valence-electron chi connectivity index (χ4n) is 2.05. The summed E-state index contributed by atoms with van der Waals surface area (Å²) in [7, 11) is 0. The lowest BCUT2D eigenvalue weighted by Crippen LogP contribution is -2.28. The average Bonchev–Trinajstić information content (AvgIpc) is 2.45. The van der Waals surface area contributed by atoms with Gasteiger partial charge in [0.2, 0.25) is 0 Å². The molecule has 2 N–H and O–H groups in total. The molecular formula is C14H19N3O2. The number of hydrogen-bond acceptors (Lipinski definition) is 4. The molecule has 1 aromatic carbocycles. The number of aromatic nitrogens is 2. The van der Waals surface area contributed by atoms with Crippen molar-refractivity contribution in [1.29, 1.82) is 0 Å². The fourth-order valence-corrected chi connectivity index (χ4v) is 2.05. The van der Waals surface area contributed by atoms with E-state index in [9.17, 15) is 4.79 Å². The predicted molar refractivity (Wildman–Crippen MR) is 75.1 cm³/mol. The Morgan fingerprint density at radius 2 is 2.21 bits per heavy atom. The van der Waals surface area contributed by atoms with Gasteiger partial charge >= 0.3 is 0 Å². The van der Waals surface area contributed by atoms with E-state index in [0.717, 1.165) is 5.52 Å². The second-order valence-corrected chi connectivity index (χ2v) is 4.36. The summed E-state index contributed by atoms with van der Waals surface area (Å²) in [6.45, 7) is 3.60. The summed E-state index contributed by atoms with van der Waals surface area (Å²) in [6, 6.07) is 7.35. The van der Waals surface area contributed by atoms with Crippen LogP contribution in [0, 0.1) is 0 Å². The van der Waals surface area contributed by atoms with Crippen LogP contribution in [0.1, 0.15) is 13.3 Å². The first-order valence-electron chi connectivity index (χ1n) is 6.52. The number of ether oxygens (including phenoxy) is 1. The highest BCUT2D eigenvalue weighted by molar-refractivity contribution is 5.76. The van der Waals surface area contributed by atoms with Crippen molar-refractivity contribution in [2.45, 2.75) is 26.0 Å². The Balaban J connectivity index is 2.17. The van der Waals surface area contributed by atoms with Crippen LogP contribution in [0.25, 0.3) is 10.9 Å². The minimum Gasteiger partial charge on any atom is -0.377 e. The van der Waals surface area contributed by atoms with Crippen LogP contribution in [0.2, 0.25) is 0 Å². The first kappa shape index (κ1) is 13.7. The van der Waals surface area contributed by atoms with E-state index in [1.54, 1.807) is 17.0 Å². The van der Waals surface area contributed by atoms with Gasteiger partial charge in [-0.05, 0) is 25.5 Å². The Bertz CT molecular complexity index is 595. The van der Waals surface area contributed by atoms with Crippen molar-refractivity contribution in [2.24, 2.45) is 5.73 Å². The minimum atomic E-state index is -0.0159. The maximum atomic E-state index is 12.2. The first-order chi connectivity index (χ1) is 9.26. The topological polar surface area (TPSA) is 70.1 Å². The standard InChI is InChI=1S/C14H19N3O2/c1-2-19-11(9-15)7-8-17-10-16-13-6-4-3-5-12(13)14(17)18/h3-6,10-11H,2,7-9,15H2,1H3. The van der Waals surface area contributed by atoms with E-state index in [0.29, 0.717) is 31.5 Å². The number of nitrogens with zero attached hydrogens (tertiary/aromatic N) is 2. The number of benzene rings is 1. The molecule has 5 nitrogen and oxygen atoms in total. The van der Waals surface area contributed by atoms with Gasteiger partial charge in [0.05, 0.1) is 23.3 Å². The number of hydrogen-bond donors (Lipinski definition) is 1. The van der Waals surface area contributed by atoms with Crippen molar-refractivity contribution in [3.05, 3.63) is 40.9 Å². The van der Waals surface area contributed by atoms with E-state index in [1.807, 2.05) is 25.1 Å². The molecular weight excluding hydrogens is 242 g/mol. The summed E-state index contributed by atoms with van der Waals surface area (Å²) < 4.78 is 7.09. The Hall–Kier alpha value is -1.72. The van der Waals surface area contributed by atoms with Crippen molar-refractivity contribution in [3.63, 3.8) is 0 Å². The maximum Gasteiger partial charge on any atom is 0.261 e. The minimum absolute atomic E-state index is 0.0108. The van der Waals surface area contributed by atoms with Gasteiger partial charge in [-0.2, -0.15) is 0 Å². The van der Waals surface area contributed by atoms with Crippen LogP contribution in [0.15, 0.2) is 35.4 Å². The third-order valence-corrected chi connectivity index (χ3v) is 3.09. The lowest BCUT2D eigenvalue weighted by molar-refractivity contribution is 0.0597. The van der Waals surface area contributed by atoms with Crippen LogP contribution in [-0.4, -0.2) is 28.8 Å². The molecule has 102 valence electrons. The van der Waals surface area contributed by atoms with Gasteiger partial charge in [-0.3, -0.25) is 9.36 Å². The molecule has 5 heteroatoms. The lowest BCUT2D eigenvalue weighted by atomic mass is 10.2. The molecule has 0 aliphatic carbocycles. The highest BCUT2D eigenvalue weighted by Crippen LogP contribution is 2.05. The molecule has 0 saturated heterocycles. The van der Waals surface area contributed by atoms with E-state index in [1.165, 1.54) is 0 Å². The van der Waals surface area contributed by atoms with Crippen LogP contribution in [-0.2, 0) is 11.3 Å². The van der Waals surface area contributed by atoms with Gasteiger partial charge in [-0.25, -0.2) is 4.98 Å². The smallest absolute Gasteiger partial charge is 0.261 e. The zero-order chi connectivity index (χ0) is 13.7. The zero-order valence-corrected chi connectivity index (χ0v) is 11.1. The molecule has 2 rings (SSSR count). The largest absolute Gasteiger partial charge is 0.377 e. The summed E-state index contributed by atoms with van der Waals surface area (Å²) >= 11 is 0. The quantitative estimate of drug-likeness (QED) is 0.847. The lowest BCUT2D eigenvalue weighted by Gasteiger charge is -2.15. The van der Waals surface area contributed by atoms with Crippen molar-refractivity contribution in [2.75, 3.05) is 13.2 Å². The number of aryl methyl sites for hydroxylation is 1. The second kappa shape index (κ2) is 6.45. The van der Waals surface area contributed by atoms with Gasteiger partial charge < -0.3 is 10.5 Å². The molecule has 0 aliphatic heterocycles. The van der Waals surface area contributed by atoms with E-state index in [4.69, 9.17) is 10.5 Å². The van der Waals surface area contributed by atoms with Gasteiger partial charge in [0.25, 0.3) is 5.56 Å². The molecule has 0 saturated carbocycles. The van der Waals surface area contributed by atoms with E-state index >= 15 is 0 Å². The summed E-state index contributed by atoms with van der Waals surface area (Å²) in [5.74, 6) is 0. The van der Waals surface area contributed by atoms with Crippen LogP contribution < -0.4 is 11.3 Å². The molecule has 0 radical (unpaired) electrons. The molecule has 2 aromatic rings. The highest BCUT2D eigenvalue weighted by atomic mass is 16.5. The second-order valence-electron chi connectivity index (χ2n) is 4.36. The third kappa shape index (κ3) is 3.19. The summed E-state index contributed by atoms with van der Waals surface area (Å²) in [6.07, 6.45) is 2.29. The molecule has 0 bridgehead atoms. The highest BCUT2D eigenvalue weighted by Gasteiger charge is 2.08. The maximum absolute atomic E-state index is 12.2. The van der Waals surface area contributed by atoms with Gasteiger partial charge in [0, 0.05) is 19.7 Å². The molecule has 19 heavy (non-hydrogen) atoms. The molecule has 0 amide bonds. The van der Waals surface area contributed by atoms with Crippen LogP contribution in [0.3, 0.4) is 0 Å². The third-order valence-electron chi connectivity index (χ3n) is 3.09. The Labute approximate surface area is 112 Å². The summed E-state index contributed by atoms with van der Waals surface area (Å²) in [5, 5.41) is 0.644. The van der Waals surface area contributed by atoms with Gasteiger partial charge in [-0.15, -0.1) is 0 Å². The zero-order valence-electron chi connectivity index (χ0n) is 11.1. The SMILES string of the molecule is CCOC(CN)CCn1cnc2ccccc2c1=O. The van der Waals surface area contributed by atoms with Gasteiger partial charge in [0.1, 0.15) is 0 Å². The van der Waals surface area contributed by atoms with E-state index < -0.39 is 0 Å².